The zero-order chi connectivity index (χ0) is 16.2. The third kappa shape index (κ3) is 3.21. The van der Waals surface area contributed by atoms with Crippen molar-refractivity contribution in [3.8, 4) is 17.2 Å². The number of methoxy groups -OCH3 is 1. The van der Waals surface area contributed by atoms with Gasteiger partial charge in [0.05, 0.1) is 19.3 Å². The van der Waals surface area contributed by atoms with Crippen LogP contribution in [0.25, 0.3) is 6.08 Å². The number of Topliss-reactive ketones (excluding diaryl/α,β-unsaturated/α-hetero) is 1. The molecule has 0 bridgehead atoms. The highest BCUT2D eigenvalue weighted by molar-refractivity contribution is 6.14. The van der Waals surface area contributed by atoms with E-state index in [1.165, 1.54) is 0 Å². The molecule has 0 atom stereocenters. The minimum Gasteiger partial charge on any atom is -0.497 e. The van der Waals surface area contributed by atoms with Crippen molar-refractivity contribution >= 4 is 11.9 Å². The van der Waals surface area contributed by atoms with Crippen LogP contribution in [0.2, 0.25) is 0 Å². The van der Waals surface area contributed by atoms with Gasteiger partial charge < -0.3 is 14.2 Å². The first-order valence-corrected chi connectivity index (χ1v) is 7.50. The summed E-state index contributed by atoms with van der Waals surface area (Å²) in [5.74, 6) is 2.03. The van der Waals surface area contributed by atoms with E-state index in [-0.39, 0.29) is 12.4 Å². The van der Waals surface area contributed by atoms with Crippen LogP contribution < -0.4 is 14.2 Å². The van der Waals surface area contributed by atoms with Gasteiger partial charge in [-0.25, -0.2) is 0 Å². The lowest BCUT2D eigenvalue weighted by Gasteiger charge is -2.19. The van der Waals surface area contributed by atoms with Crippen LogP contribution in [0.15, 0.2) is 48.0 Å². The van der Waals surface area contributed by atoms with Crippen molar-refractivity contribution in [1.29, 1.82) is 0 Å². The fraction of sp³-hybridized carbons (Fsp3) is 0.211. The van der Waals surface area contributed by atoms with Crippen molar-refractivity contribution in [1.82, 2.24) is 0 Å². The third-order valence-corrected chi connectivity index (χ3v) is 3.64. The molecule has 0 radical (unpaired) electrons. The molecule has 3 rings (SSSR count). The minimum atomic E-state index is -0.0287. The molecule has 1 aliphatic rings. The van der Waals surface area contributed by atoms with E-state index >= 15 is 0 Å². The molecule has 4 heteroatoms. The van der Waals surface area contributed by atoms with E-state index in [0.29, 0.717) is 29.2 Å². The van der Waals surface area contributed by atoms with E-state index in [9.17, 15) is 4.79 Å². The van der Waals surface area contributed by atoms with Gasteiger partial charge in [0.2, 0.25) is 0 Å². The molecule has 0 aromatic heterocycles. The van der Waals surface area contributed by atoms with Crippen molar-refractivity contribution in [2.45, 2.75) is 6.92 Å². The molecule has 1 aliphatic heterocycles. The van der Waals surface area contributed by atoms with E-state index in [4.69, 9.17) is 14.2 Å². The Kier molecular flexibility index (Phi) is 4.33. The quantitative estimate of drug-likeness (QED) is 0.807. The van der Waals surface area contributed by atoms with E-state index in [0.717, 1.165) is 11.3 Å². The fourth-order valence-corrected chi connectivity index (χ4v) is 2.47. The molecular weight excluding hydrogens is 292 g/mol. The second-order valence-electron chi connectivity index (χ2n) is 5.15. The molecule has 23 heavy (non-hydrogen) atoms. The van der Waals surface area contributed by atoms with Crippen LogP contribution in [0.5, 0.6) is 17.2 Å². The molecule has 0 saturated heterocycles. The SMILES string of the molecule is CCOc1ccc(/C=C2/COc3ccc(OC)cc3C2=O)cc1. The Morgan fingerprint density at radius 3 is 2.57 bits per heavy atom. The Bertz CT molecular complexity index is 744. The Balaban J connectivity index is 1.87. The number of fused-ring (bicyclic) bond motifs is 1. The van der Waals surface area contributed by atoms with Crippen molar-refractivity contribution in [3.05, 3.63) is 59.2 Å². The second kappa shape index (κ2) is 6.57. The topological polar surface area (TPSA) is 44.8 Å². The predicted molar refractivity (Wildman–Crippen MR) is 88.4 cm³/mol. The number of benzene rings is 2. The highest BCUT2D eigenvalue weighted by Crippen LogP contribution is 2.31. The van der Waals surface area contributed by atoms with Gasteiger partial charge in [-0.2, -0.15) is 0 Å². The van der Waals surface area contributed by atoms with Gasteiger partial charge in [0.15, 0.2) is 5.78 Å². The van der Waals surface area contributed by atoms with Crippen LogP contribution >= 0.6 is 0 Å². The molecule has 0 amide bonds. The Hall–Kier alpha value is -2.75. The average molecular weight is 310 g/mol. The lowest BCUT2D eigenvalue weighted by molar-refractivity contribution is 0.100. The maximum Gasteiger partial charge on any atom is 0.196 e. The van der Waals surface area contributed by atoms with E-state index in [2.05, 4.69) is 0 Å². The second-order valence-corrected chi connectivity index (χ2v) is 5.15. The lowest BCUT2D eigenvalue weighted by atomic mass is 9.98. The summed E-state index contributed by atoms with van der Waals surface area (Å²) in [6.45, 7) is 2.84. The van der Waals surface area contributed by atoms with Crippen LogP contribution in [0.4, 0.5) is 0 Å². The summed E-state index contributed by atoms with van der Waals surface area (Å²) in [7, 11) is 1.58. The van der Waals surface area contributed by atoms with Gasteiger partial charge in [-0.15, -0.1) is 0 Å². The highest BCUT2D eigenvalue weighted by atomic mass is 16.5. The summed E-state index contributed by atoms with van der Waals surface area (Å²) >= 11 is 0. The molecule has 0 spiro atoms. The van der Waals surface area contributed by atoms with Crippen molar-refractivity contribution < 1.29 is 19.0 Å². The highest BCUT2D eigenvalue weighted by Gasteiger charge is 2.23. The number of ether oxygens (including phenoxy) is 3. The summed E-state index contributed by atoms with van der Waals surface area (Å²) in [6, 6.07) is 12.9. The summed E-state index contributed by atoms with van der Waals surface area (Å²) in [5, 5.41) is 0. The van der Waals surface area contributed by atoms with Gasteiger partial charge in [-0.1, -0.05) is 12.1 Å². The number of hydrogen-bond donors (Lipinski definition) is 0. The summed E-state index contributed by atoms with van der Waals surface area (Å²) < 4.78 is 16.3. The van der Waals surface area contributed by atoms with Crippen molar-refractivity contribution in [2.24, 2.45) is 0 Å². The van der Waals surface area contributed by atoms with Crippen LogP contribution in [-0.2, 0) is 0 Å². The van der Waals surface area contributed by atoms with Crippen LogP contribution in [0.1, 0.15) is 22.8 Å². The molecule has 0 unspecified atom stereocenters. The first kappa shape index (κ1) is 15.2. The predicted octanol–water partition coefficient (Wildman–Crippen LogP) is 3.75. The van der Waals surface area contributed by atoms with Gasteiger partial charge in [0.1, 0.15) is 23.9 Å². The summed E-state index contributed by atoms with van der Waals surface area (Å²) in [4.78, 5) is 12.6. The Morgan fingerprint density at radius 1 is 1.13 bits per heavy atom. The van der Waals surface area contributed by atoms with E-state index in [1.54, 1.807) is 25.3 Å². The number of carbonyl (C=O) groups excluding carboxylic acids is 1. The number of carbonyl (C=O) groups is 1. The Morgan fingerprint density at radius 2 is 1.87 bits per heavy atom. The van der Waals surface area contributed by atoms with Crippen LogP contribution in [-0.4, -0.2) is 26.1 Å². The van der Waals surface area contributed by atoms with Crippen LogP contribution in [0.3, 0.4) is 0 Å². The van der Waals surface area contributed by atoms with Crippen LogP contribution in [0, 0.1) is 0 Å². The molecule has 0 saturated carbocycles. The Labute approximate surface area is 135 Å². The largest absolute Gasteiger partial charge is 0.497 e. The first-order valence-electron chi connectivity index (χ1n) is 7.50. The number of rotatable bonds is 4. The fourth-order valence-electron chi connectivity index (χ4n) is 2.47. The molecule has 1 heterocycles. The number of hydrogen-bond acceptors (Lipinski definition) is 4. The molecular formula is C19H18O4. The minimum absolute atomic E-state index is 0.0287. The molecule has 118 valence electrons. The molecule has 4 nitrogen and oxygen atoms in total. The van der Waals surface area contributed by atoms with Gasteiger partial charge >= 0.3 is 0 Å². The average Bonchev–Trinajstić information content (AvgIpc) is 2.59. The van der Waals surface area contributed by atoms with Crippen molar-refractivity contribution in [3.63, 3.8) is 0 Å². The molecule has 2 aromatic rings. The molecule has 0 fully saturated rings. The summed E-state index contributed by atoms with van der Waals surface area (Å²) in [5.41, 5.74) is 2.09. The first-order chi connectivity index (χ1) is 11.2. The normalized spacial score (nSPS) is 15.0. The lowest BCUT2D eigenvalue weighted by Crippen LogP contribution is -2.19. The monoisotopic (exact) mass is 310 g/mol. The zero-order valence-corrected chi connectivity index (χ0v) is 13.2. The standard InChI is InChI=1S/C19H18O4/c1-3-22-15-6-4-13(5-7-15)10-14-12-23-18-9-8-16(21-2)11-17(18)19(14)20/h4-11H,3,12H2,1-2H3/b14-10-. The van der Waals surface area contributed by atoms with Gasteiger partial charge in [0, 0.05) is 5.57 Å². The third-order valence-electron chi connectivity index (χ3n) is 3.64. The zero-order valence-electron chi connectivity index (χ0n) is 13.2. The maximum atomic E-state index is 12.6. The number of ketones is 1. The summed E-state index contributed by atoms with van der Waals surface area (Å²) in [6.07, 6.45) is 1.85. The maximum absolute atomic E-state index is 12.6. The van der Waals surface area contributed by atoms with Gasteiger partial charge in [-0.05, 0) is 48.9 Å². The smallest absolute Gasteiger partial charge is 0.196 e. The molecule has 0 N–H and O–H groups in total. The molecule has 0 aliphatic carbocycles. The van der Waals surface area contributed by atoms with Crippen molar-refractivity contribution in [2.75, 3.05) is 20.3 Å². The van der Waals surface area contributed by atoms with Gasteiger partial charge in [0.25, 0.3) is 0 Å². The van der Waals surface area contributed by atoms with Gasteiger partial charge in [-0.3, -0.25) is 4.79 Å². The molecule has 2 aromatic carbocycles. The van der Waals surface area contributed by atoms with E-state index < -0.39 is 0 Å². The van der Waals surface area contributed by atoms with E-state index in [1.807, 2.05) is 37.3 Å².